The Hall–Kier alpha value is -1.12. The molecule has 0 aromatic rings. The number of carbonyl (C=O) groups is 2. The molecule has 106 valence electrons. The number of hydrogen-bond donors (Lipinski definition) is 0. The summed E-state index contributed by atoms with van der Waals surface area (Å²) in [5, 5.41) is 0. The highest BCUT2D eigenvalue weighted by Gasteiger charge is 2.56. The zero-order valence-corrected chi connectivity index (χ0v) is 12.2. The average Bonchev–Trinajstić information content (AvgIpc) is 2.84. The first-order valence-electron chi connectivity index (χ1n) is 7.33. The zero-order chi connectivity index (χ0) is 14.2. The topological polar surface area (TPSA) is 43.4 Å². The predicted molar refractivity (Wildman–Crippen MR) is 73.5 cm³/mol. The monoisotopic (exact) mass is 264 g/mol. The van der Waals surface area contributed by atoms with Gasteiger partial charge >= 0.3 is 5.97 Å². The molecule has 1 saturated carbocycles. The number of hydrogen-bond acceptors (Lipinski definition) is 3. The van der Waals surface area contributed by atoms with Gasteiger partial charge in [-0.3, -0.25) is 4.79 Å². The fraction of sp³-hybridized carbons (Fsp3) is 0.750. The van der Waals surface area contributed by atoms with E-state index >= 15 is 0 Å². The fourth-order valence-electron chi connectivity index (χ4n) is 3.91. The number of cyclic esters (lactones) is 1. The van der Waals surface area contributed by atoms with Gasteiger partial charge in [0.25, 0.3) is 0 Å². The SMILES string of the molecule is C=C1C[C@H]([C@]2(C)C(=O)CC[C@H]2[C@@H](C)CCC)OC1=O. The predicted octanol–water partition coefficient (Wildman–Crippen LogP) is 3.28. The van der Waals surface area contributed by atoms with Crippen LogP contribution in [0.1, 0.15) is 52.9 Å². The molecule has 1 heterocycles. The summed E-state index contributed by atoms with van der Waals surface area (Å²) < 4.78 is 5.43. The van der Waals surface area contributed by atoms with Gasteiger partial charge in [-0.15, -0.1) is 0 Å². The second-order valence-electron chi connectivity index (χ2n) is 6.32. The van der Waals surface area contributed by atoms with Crippen LogP contribution in [-0.2, 0) is 14.3 Å². The van der Waals surface area contributed by atoms with Crippen LogP contribution in [0.2, 0.25) is 0 Å². The van der Waals surface area contributed by atoms with Crippen molar-refractivity contribution in [1.82, 2.24) is 0 Å². The molecule has 3 nitrogen and oxygen atoms in total. The van der Waals surface area contributed by atoms with Crippen LogP contribution >= 0.6 is 0 Å². The highest BCUT2D eigenvalue weighted by molar-refractivity contribution is 5.93. The Morgan fingerprint density at radius 1 is 1.47 bits per heavy atom. The third-order valence-electron chi connectivity index (χ3n) is 5.12. The molecular formula is C16H24O3. The minimum atomic E-state index is -0.510. The van der Waals surface area contributed by atoms with Gasteiger partial charge in [0.2, 0.25) is 0 Å². The maximum Gasteiger partial charge on any atom is 0.333 e. The van der Waals surface area contributed by atoms with Crippen molar-refractivity contribution in [2.75, 3.05) is 0 Å². The molecule has 1 saturated heterocycles. The summed E-state index contributed by atoms with van der Waals surface area (Å²) in [6.07, 6.45) is 4.00. The van der Waals surface area contributed by atoms with Crippen LogP contribution in [0.4, 0.5) is 0 Å². The lowest BCUT2D eigenvalue weighted by Crippen LogP contribution is -2.43. The summed E-state index contributed by atoms with van der Waals surface area (Å²) in [6.45, 7) is 10.1. The number of carbonyl (C=O) groups excluding carboxylic acids is 2. The summed E-state index contributed by atoms with van der Waals surface area (Å²) in [7, 11) is 0. The molecule has 2 fully saturated rings. The molecule has 4 atom stereocenters. The van der Waals surface area contributed by atoms with E-state index in [1.165, 1.54) is 0 Å². The summed E-state index contributed by atoms with van der Waals surface area (Å²) >= 11 is 0. The van der Waals surface area contributed by atoms with Gasteiger partial charge in [-0.2, -0.15) is 0 Å². The third-order valence-corrected chi connectivity index (χ3v) is 5.12. The molecule has 19 heavy (non-hydrogen) atoms. The number of rotatable bonds is 4. The number of ketones is 1. The van der Waals surface area contributed by atoms with Crippen LogP contribution in [0, 0.1) is 17.3 Å². The molecule has 0 aromatic heterocycles. The quantitative estimate of drug-likeness (QED) is 0.578. The van der Waals surface area contributed by atoms with Gasteiger partial charge in [-0.05, 0) is 25.2 Å². The van der Waals surface area contributed by atoms with E-state index in [0.717, 1.165) is 19.3 Å². The normalized spacial score (nSPS) is 36.7. The lowest BCUT2D eigenvalue weighted by atomic mass is 9.67. The van der Waals surface area contributed by atoms with Gasteiger partial charge in [-0.25, -0.2) is 4.79 Å². The summed E-state index contributed by atoms with van der Waals surface area (Å²) in [4.78, 5) is 24.0. The van der Waals surface area contributed by atoms with Gasteiger partial charge in [0.1, 0.15) is 11.9 Å². The number of esters is 1. The first-order chi connectivity index (χ1) is 8.91. The van der Waals surface area contributed by atoms with Crippen LogP contribution in [0.5, 0.6) is 0 Å². The molecule has 0 amide bonds. The zero-order valence-electron chi connectivity index (χ0n) is 12.2. The first-order valence-corrected chi connectivity index (χ1v) is 7.33. The molecule has 0 spiro atoms. The van der Waals surface area contributed by atoms with Crippen molar-refractivity contribution in [1.29, 1.82) is 0 Å². The van der Waals surface area contributed by atoms with Gasteiger partial charge in [-0.1, -0.05) is 33.3 Å². The Kier molecular flexibility index (Phi) is 3.84. The summed E-state index contributed by atoms with van der Waals surface area (Å²) in [5.74, 6) is 0.749. The van der Waals surface area contributed by atoms with Crippen molar-refractivity contribution >= 4 is 11.8 Å². The molecule has 3 heteroatoms. The highest BCUT2D eigenvalue weighted by atomic mass is 16.6. The fourth-order valence-corrected chi connectivity index (χ4v) is 3.91. The maximum atomic E-state index is 12.4. The van der Waals surface area contributed by atoms with E-state index in [-0.39, 0.29) is 17.9 Å². The van der Waals surface area contributed by atoms with E-state index in [4.69, 9.17) is 4.74 Å². The molecular weight excluding hydrogens is 240 g/mol. The lowest BCUT2D eigenvalue weighted by Gasteiger charge is -2.37. The van der Waals surface area contributed by atoms with E-state index in [2.05, 4.69) is 20.4 Å². The maximum absolute atomic E-state index is 12.4. The van der Waals surface area contributed by atoms with E-state index in [0.29, 0.717) is 30.3 Å². The average molecular weight is 264 g/mol. The second kappa shape index (κ2) is 5.10. The number of Topliss-reactive ketones (excluding diaryl/α,β-unsaturated/α-hetero) is 1. The van der Waals surface area contributed by atoms with Crippen molar-refractivity contribution < 1.29 is 14.3 Å². The Morgan fingerprint density at radius 3 is 2.68 bits per heavy atom. The van der Waals surface area contributed by atoms with Crippen molar-refractivity contribution in [2.45, 2.75) is 59.0 Å². The van der Waals surface area contributed by atoms with Gasteiger partial charge in [0, 0.05) is 18.4 Å². The minimum Gasteiger partial charge on any atom is -0.458 e. The Morgan fingerprint density at radius 2 is 2.16 bits per heavy atom. The lowest BCUT2D eigenvalue weighted by molar-refractivity contribution is -0.150. The van der Waals surface area contributed by atoms with Crippen molar-refractivity contribution in [2.24, 2.45) is 17.3 Å². The molecule has 2 aliphatic rings. The molecule has 0 radical (unpaired) electrons. The van der Waals surface area contributed by atoms with E-state index in [9.17, 15) is 9.59 Å². The highest BCUT2D eigenvalue weighted by Crippen LogP contribution is 2.51. The van der Waals surface area contributed by atoms with Crippen molar-refractivity contribution in [3.05, 3.63) is 12.2 Å². The smallest absolute Gasteiger partial charge is 0.333 e. The van der Waals surface area contributed by atoms with Crippen LogP contribution < -0.4 is 0 Å². The Labute approximate surface area is 115 Å². The summed E-state index contributed by atoms with van der Waals surface area (Å²) in [5.41, 5.74) is -0.00299. The molecule has 0 aromatic carbocycles. The van der Waals surface area contributed by atoms with E-state index in [1.54, 1.807) is 0 Å². The van der Waals surface area contributed by atoms with Crippen LogP contribution in [0.3, 0.4) is 0 Å². The van der Waals surface area contributed by atoms with Crippen molar-refractivity contribution in [3.8, 4) is 0 Å². The largest absolute Gasteiger partial charge is 0.458 e. The minimum absolute atomic E-state index is 0.257. The van der Waals surface area contributed by atoms with E-state index < -0.39 is 5.41 Å². The van der Waals surface area contributed by atoms with Crippen LogP contribution in [0.25, 0.3) is 0 Å². The van der Waals surface area contributed by atoms with Gasteiger partial charge in [0.15, 0.2) is 0 Å². The van der Waals surface area contributed by atoms with Crippen LogP contribution in [0.15, 0.2) is 12.2 Å². The number of ether oxygens (including phenoxy) is 1. The van der Waals surface area contributed by atoms with Crippen molar-refractivity contribution in [3.63, 3.8) is 0 Å². The first kappa shape index (κ1) is 14.3. The Balaban J connectivity index is 2.24. The molecule has 0 bridgehead atoms. The molecule has 2 rings (SSSR count). The van der Waals surface area contributed by atoms with Gasteiger partial charge < -0.3 is 4.74 Å². The molecule has 1 aliphatic carbocycles. The van der Waals surface area contributed by atoms with E-state index in [1.807, 2.05) is 6.92 Å². The third kappa shape index (κ3) is 2.24. The standard InChI is InChI=1S/C16H24O3/c1-5-6-10(2)12-7-8-13(17)16(12,4)14-9-11(3)15(18)19-14/h10,12,14H,3,5-9H2,1-2,4H3/t10-,12-,14+,16-/m0/s1. The molecule has 0 N–H and O–H groups in total. The summed E-state index contributed by atoms with van der Waals surface area (Å²) in [6, 6.07) is 0. The molecule has 0 unspecified atom stereocenters. The second-order valence-corrected chi connectivity index (χ2v) is 6.32. The van der Waals surface area contributed by atoms with Crippen LogP contribution in [-0.4, -0.2) is 17.9 Å². The molecule has 1 aliphatic heterocycles. The van der Waals surface area contributed by atoms with Gasteiger partial charge in [0.05, 0.1) is 5.41 Å². The Bertz CT molecular complexity index is 396.